The summed E-state index contributed by atoms with van der Waals surface area (Å²) < 4.78 is 10.9. The molecule has 0 fully saturated rings. The van der Waals surface area contributed by atoms with Crippen LogP contribution in [0.2, 0.25) is 0 Å². The number of ether oxygens (including phenoxy) is 2. The van der Waals surface area contributed by atoms with Gasteiger partial charge in [0.2, 0.25) is 0 Å². The lowest BCUT2D eigenvalue weighted by molar-refractivity contribution is -0.00000894. The Bertz CT molecular complexity index is 1590. The van der Waals surface area contributed by atoms with Gasteiger partial charge >= 0.3 is 0 Å². The molecule has 6 rings (SSSR count). The molecule has 0 saturated heterocycles. The highest BCUT2D eigenvalue weighted by Crippen LogP contribution is 2.58. The molecule has 0 saturated carbocycles. The minimum Gasteiger partial charge on any atom is -1.00 e. The molecule has 0 heterocycles. The molecule has 0 radical (unpaired) electrons. The van der Waals surface area contributed by atoms with E-state index >= 15 is 0 Å². The van der Waals surface area contributed by atoms with Crippen LogP contribution < -0.4 is 47.3 Å². The molecule has 0 aliphatic carbocycles. The standard InChI is InChI=1S/C39H35NO2P.BrH/c1-41-35-26-22-33(23-27-35)40(34-24-28-36(42-2)29-25-34)32-20-18-31(19-21-32)30-43(37-12-6-3-7-13-37,38-14-8-4-9-15-38)39-16-10-5-11-17-39;/h3-29H,30H2,1-2H3;1H/q+1;/p-1. The van der Waals surface area contributed by atoms with Gasteiger partial charge in [-0.25, -0.2) is 0 Å². The van der Waals surface area contributed by atoms with Crippen LogP contribution in [0.3, 0.4) is 0 Å². The minimum absolute atomic E-state index is 0. The summed E-state index contributed by atoms with van der Waals surface area (Å²) in [5.41, 5.74) is 4.50. The van der Waals surface area contributed by atoms with Gasteiger partial charge < -0.3 is 31.4 Å². The van der Waals surface area contributed by atoms with E-state index in [1.807, 2.05) is 24.3 Å². The maximum absolute atomic E-state index is 5.43. The predicted octanol–water partition coefficient (Wildman–Crippen LogP) is 5.67. The molecule has 0 aliphatic rings. The highest BCUT2D eigenvalue weighted by Gasteiger charge is 2.45. The van der Waals surface area contributed by atoms with Crippen LogP contribution in [0.1, 0.15) is 5.56 Å². The average Bonchev–Trinajstić information content (AvgIpc) is 3.10. The summed E-state index contributed by atoms with van der Waals surface area (Å²) in [4.78, 5) is 2.26. The zero-order valence-electron chi connectivity index (χ0n) is 24.9. The van der Waals surface area contributed by atoms with Crippen molar-refractivity contribution in [2.45, 2.75) is 6.16 Å². The van der Waals surface area contributed by atoms with Crippen LogP contribution in [0.4, 0.5) is 17.1 Å². The molecule has 0 N–H and O–H groups in total. The quantitative estimate of drug-likeness (QED) is 0.177. The molecule has 0 unspecified atom stereocenters. The topological polar surface area (TPSA) is 21.7 Å². The van der Waals surface area contributed by atoms with Gasteiger partial charge in [0, 0.05) is 17.1 Å². The Morgan fingerprint density at radius 2 is 0.750 bits per heavy atom. The Kier molecular flexibility index (Phi) is 10.2. The third kappa shape index (κ3) is 6.43. The van der Waals surface area contributed by atoms with Crippen LogP contribution in [-0.4, -0.2) is 14.2 Å². The van der Waals surface area contributed by atoms with Crippen molar-refractivity contribution in [1.82, 2.24) is 0 Å². The van der Waals surface area contributed by atoms with Crippen LogP contribution in [0.25, 0.3) is 0 Å². The summed E-state index contributed by atoms with van der Waals surface area (Å²) in [6, 6.07) is 58.6. The molecule has 0 aliphatic heterocycles. The van der Waals surface area contributed by atoms with E-state index in [1.165, 1.54) is 21.5 Å². The Morgan fingerprint density at radius 3 is 1.07 bits per heavy atom. The van der Waals surface area contributed by atoms with Gasteiger partial charge in [0.25, 0.3) is 0 Å². The number of rotatable bonds is 10. The Labute approximate surface area is 271 Å². The lowest BCUT2D eigenvalue weighted by atomic mass is 10.1. The van der Waals surface area contributed by atoms with Crippen LogP contribution >= 0.6 is 7.26 Å². The van der Waals surface area contributed by atoms with E-state index in [4.69, 9.17) is 9.47 Å². The van der Waals surface area contributed by atoms with E-state index in [2.05, 4.69) is 144 Å². The van der Waals surface area contributed by atoms with Crippen LogP contribution in [0.5, 0.6) is 11.5 Å². The van der Waals surface area contributed by atoms with Crippen molar-refractivity contribution in [3.05, 3.63) is 169 Å². The average molecular weight is 661 g/mol. The summed E-state index contributed by atoms with van der Waals surface area (Å²) in [5.74, 6) is 1.66. The van der Waals surface area contributed by atoms with E-state index < -0.39 is 7.26 Å². The zero-order valence-corrected chi connectivity index (χ0v) is 27.4. The monoisotopic (exact) mass is 659 g/mol. The van der Waals surface area contributed by atoms with E-state index in [0.29, 0.717) is 0 Å². The molecule has 0 bridgehead atoms. The fourth-order valence-electron chi connectivity index (χ4n) is 5.70. The summed E-state index contributed by atoms with van der Waals surface area (Å²) in [5, 5.41) is 4.15. The molecular formula is C39H35BrNO2P. The number of halogens is 1. The molecule has 0 atom stereocenters. The van der Waals surface area contributed by atoms with Gasteiger partial charge in [-0.15, -0.1) is 0 Å². The summed E-state index contributed by atoms with van der Waals surface area (Å²) in [6.45, 7) is 0. The number of methoxy groups -OCH3 is 2. The van der Waals surface area contributed by atoms with E-state index in [9.17, 15) is 0 Å². The highest BCUT2D eigenvalue weighted by molar-refractivity contribution is 7.95. The first-order chi connectivity index (χ1) is 21.2. The Hall–Kier alpha value is -4.37. The van der Waals surface area contributed by atoms with Crippen molar-refractivity contribution in [1.29, 1.82) is 0 Å². The molecule has 5 heteroatoms. The largest absolute Gasteiger partial charge is 1.00 e. The molecule has 0 amide bonds. The Morgan fingerprint density at radius 1 is 0.432 bits per heavy atom. The molecule has 6 aromatic carbocycles. The number of benzene rings is 6. The van der Waals surface area contributed by atoms with Crippen LogP contribution in [-0.2, 0) is 6.16 Å². The summed E-state index contributed by atoms with van der Waals surface area (Å²) >= 11 is 0. The number of anilines is 3. The molecule has 220 valence electrons. The first kappa shape index (κ1) is 31.1. The van der Waals surface area contributed by atoms with Gasteiger partial charge in [-0.2, -0.15) is 0 Å². The fraction of sp³-hybridized carbons (Fsp3) is 0.0769. The molecule has 0 spiro atoms. The fourth-order valence-corrected chi connectivity index (χ4v) is 9.95. The van der Waals surface area contributed by atoms with Crippen molar-refractivity contribution in [2.75, 3.05) is 19.1 Å². The minimum atomic E-state index is -1.99. The van der Waals surface area contributed by atoms with Crippen molar-refractivity contribution >= 4 is 40.2 Å². The second kappa shape index (κ2) is 14.4. The van der Waals surface area contributed by atoms with Crippen molar-refractivity contribution in [2.24, 2.45) is 0 Å². The number of hydrogen-bond acceptors (Lipinski definition) is 3. The second-order valence-electron chi connectivity index (χ2n) is 10.4. The van der Waals surface area contributed by atoms with E-state index in [-0.39, 0.29) is 17.0 Å². The van der Waals surface area contributed by atoms with E-state index in [1.54, 1.807) is 14.2 Å². The molecule has 6 aromatic rings. The summed E-state index contributed by atoms with van der Waals surface area (Å²) in [6.07, 6.45) is 0.927. The predicted molar refractivity (Wildman–Crippen MR) is 183 cm³/mol. The number of hydrogen-bond donors (Lipinski definition) is 0. The van der Waals surface area contributed by atoms with Gasteiger partial charge in [-0.1, -0.05) is 66.7 Å². The SMILES string of the molecule is COc1ccc(N(c2ccc(C[P+](c3ccccc3)(c3ccccc3)c3ccccc3)cc2)c2ccc(OC)cc2)cc1.[Br-]. The third-order valence-electron chi connectivity index (χ3n) is 7.87. The molecular weight excluding hydrogens is 625 g/mol. The van der Waals surface area contributed by atoms with Crippen LogP contribution in [0, 0.1) is 0 Å². The molecule has 3 nitrogen and oxygen atoms in total. The van der Waals surface area contributed by atoms with Crippen molar-refractivity contribution in [3.63, 3.8) is 0 Å². The highest BCUT2D eigenvalue weighted by atomic mass is 79.9. The maximum Gasteiger partial charge on any atom is 0.119 e. The second-order valence-corrected chi connectivity index (χ2v) is 13.9. The van der Waals surface area contributed by atoms with Gasteiger partial charge in [0.05, 0.1) is 20.4 Å². The lowest BCUT2D eigenvalue weighted by Crippen LogP contribution is -3.00. The van der Waals surface area contributed by atoms with Crippen LogP contribution in [0.15, 0.2) is 164 Å². The lowest BCUT2D eigenvalue weighted by Gasteiger charge is -2.28. The Balaban J connectivity index is 0.00000384. The van der Waals surface area contributed by atoms with Gasteiger partial charge in [-0.05, 0) is 103 Å². The number of nitrogens with zero attached hydrogens (tertiary/aromatic N) is 1. The van der Waals surface area contributed by atoms with Gasteiger partial charge in [0.1, 0.15) is 34.7 Å². The molecule has 44 heavy (non-hydrogen) atoms. The smallest absolute Gasteiger partial charge is 0.119 e. The first-order valence-electron chi connectivity index (χ1n) is 14.4. The van der Waals surface area contributed by atoms with Crippen molar-refractivity contribution < 1.29 is 26.5 Å². The normalized spacial score (nSPS) is 10.9. The first-order valence-corrected chi connectivity index (χ1v) is 16.4. The maximum atomic E-state index is 5.43. The molecule has 0 aromatic heterocycles. The van der Waals surface area contributed by atoms with Gasteiger partial charge in [0.15, 0.2) is 0 Å². The van der Waals surface area contributed by atoms with E-state index in [0.717, 1.165) is 34.7 Å². The van der Waals surface area contributed by atoms with Gasteiger partial charge in [-0.3, -0.25) is 0 Å². The van der Waals surface area contributed by atoms with Crippen molar-refractivity contribution in [3.8, 4) is 11.5 Å². The summed E-state index contributed by atoms with van der Waals surface area (Å²) in [7, 11) is 1.40. The third-order valence-corrected chi connectivity index (χ3v) is 12.2. The zero-order chi connectivity index (χ0) is 29.5.